The van der Waals surface area contributed by atoms with E-state index < -0.39 is 5.97 Å². The number of rotatable bonds is 5. The van der Waals surface area contributed by atoms with Crippen LogP contribution in [0, 0.1) is 6.92 Å². The second kappa shape index (κ2) is 7.32. The fourth-order valence-electron chi connectivity index (χ4n) is 3.34. The second-order valence-electron chi connectivity index (χ2n) is 6.98. The molecule has 26 heavy (non-hydrogen) atoms. The average molecular weight is 355 g/mol. The van der Waals surface area contributed by atoms with Gasteiger partial charge in [0.05, 0.1) is 12.8 Å². The quantitative estimate of drug-likeness (QED) is 0.774. The van der Waals surface area contributed by atoms with Crippen molar-refractivity contribution in [3.63, 3.8) is 0 Å². The molecule has 0 unspecified atom stereocenters. The van der Waals surface area contributed by atoms with Gasteiger partial charge in [0.15, 0.2) is 5.69 Å². The maximum atomic E-state index is 13.1. The zero-order valence-electron chi connectivity index (χ0n) is 15.8. The molecule has 1 aromatic heterocycles. The number of hydrogen-bond donors (Lipinski definition) is 0. The van der Waals surface area contributed by atoms with Crippen LogP contribution < -0.4 is 0 Å². The number of fused-ring (bicyclic) bond motifs is 1. The molecule has 0 atom stereocenters. The molecule has 0 spiro atoms. The summed E-state index contributed by atoms with van der Waals surface area (Å²) >= 11 is 0. The van der Waals surface area contributed by atoms with E-state index >= 15 is 0 Å². The Kier molecular flexibility index (Phi) is 5.11. The number of methoxy groups -OCH3 is 1. The number of aromatic nitrogens is 2. The molecule has 0 fully saturated rings. The lowest BCUT2D eigenvalue weighted by molar-refractivity contribution is -0.141. The SMILES string of the molecule is COC(=O)CN(C(=O)c1nn(-c2ccc(C)cc2)c2c1CCC2)C(C)C. The predicted octanol–water partition coefficient (Wildman–Crippen LogP) is 2.69. The molecule has 1 aliphatic rings. The summed E-state index contributed by atoms with van der Waals surface area (Å²) in [6.07, 6.45) is 2.76. The second-order valence-corrected chi connectivity index (χ2v) is 6.98. The molecule has 6 heteroatoms. The van der Waals surface area contributed by atoms with Crippen molar-refractivity contribution < 1.29 is 14.3 Å². The van der Waals surface area contributed by atoms with Crippen molar-refractivity contribution in [3.05, 3.63) is 46.8 Å². The first-order valence-electron chi connectivity index (χ1n) is 8.98. The van der Waals surface area contributed by atoms with Gasteiger partial charge in [0.25, 0.3) is 5.91 Å². The van der Waals surface area contributed by atoms with Crippen LogP contribution in [-0.4, -0.2) is 46.3 Å². The van der Waals surface area contributed by atoms with Crippen molar-refractivity contribution in [3.8, 4) is 5.69 Å². The molecule has 0 bridgehead atoms. The summed E-state index contributed by atoms with van der Waals surface area (Å²) in [6.45, 7) is 5.74. The first kappa shape index (κ1) is 18.2. The molecule has 1 amide bonds. The van der Waals surface area contributed by atoms with Crippen molar-refractivity contribution >= 4 is 11.9 Å². The molecule has 6 nitrogen and oxygen atoms in total. The normalized spacial score (nSPS) is 13.0. The Morgan fingerprint density at radius 1 is 1.23 bits per heavy atom. The molecular formula is C20H25N3O3. The third-order valence-electron chi connectivity index (χ3n) is 4.82. The van der Waals surface area contributed by atoms with Crippen LogP contribution in [0.5, 0.6) is 0 Å². The highest BCUT2D eigenvalue weighted by Gasteiger charge is 2.31. The number of amides is 1. The van der Waals surface area contributed by atoms with E-state index in [1.54, 1.807) is 0 Å². The highest BCUT2D eigenvalue weighted by Crippen LogP contribution is 2.29. The molecule has 1 aromatic carbocycles. The maximum absolute atomic E-state index is 13.1. The Morgan fingerprint density at radius 3 is 2.54 bits per heavy atom. The van der Waals surface area contributed by atoms with Crippen LogP contribution in [0.25, 0.3) is 5.69 Å². The van der Waals surface area contributed by atoms with E-state index in [1.165, 1.54) is 17.6 Å². The summed E-state index contributed by atoms with van der Waals surface area (Å²) in [6, 6.07) is 7.99. The van der Waals surface area contributed by atoms with Crippen molar-refractivity contribution in [2.45, 2.75) is 46.1 Å². The van der Waals surface area contributed by atoms with E-state index in [9.17, 15) is 9.59 Å². The maximum Gasteiger partial charge on any atom is 0.325 e. The fraction of sp³-hybridized carbons (Fsp3) is 0.450. The summed E-state index contributed by atoms with van der Waals surface area (Å²) in [4.78, 5) is 26.4. The molecule has 0 saturated heterocycles. The minimum absolute atomic E-state index is 0.0703. The van der Waals surface area contributed by atoms with Gasteiger partial charge in [0.1, 0.15) is 6.54 Å². The largest absolute Gasteiger partial charge is 0.468 e. The van der Waals surface area contributed by atoms with Gasteiger partial charge in [-0.25, -0.2) is 4.68 Å². The molecule has 1 aliphatic carbocycles. The number of carbonyl (C=O) groups is 2. The van der Waals surface area contributed by atoms with E-state index in [0.29, 0.717) is 5.69 Å². The summed E-state index contributed by atoms with van der Waals surface area (Å²) in [5.41, 5.74) is 4.69. The first-order chi connectivity index (χ1) is 12.4. The molecule has 0 radical (unpaired) electrons. The number of benzene rings is 1. The average Bonchev–Trinajstić information content (AvgIpc) is 3.22. The summed E-state index contributed by atoms with van der Waals surface area (Å²) in [5.74, 6) is -0.643. The van der Waals surface area contributed by atoms with Gasteiger partial charge in [-0.2, -0.15) is 5.10 Å². The number of hydrogen-bond acceptors (Lipinski definition) is 4. The van der Waals surface area contributed by atoms with Crippen LogP contribution >= 0.6 is 0 Å². The van der Waals surface area contributed by atoms with Crippen LogP contribution in [0.3, 0.4) is 0 Å². The van der Waals surface area contributed by atoms with Crippen molar-refractivity contribution in [2.24, 2.45) is 0 Å². The highest BCUT2D eigenvalue weighted by molar-refractivity contribution is 5.96. The number of esters is 1. The van der Waals surface area contributed by atoms with Crippen LogP contribution in [-0.2, 0) is 22.4 Å². The van der Waals surface area contributed by atoms with Gasteiger partial charge in [0.2, 0.25) is 0 Å². The van der Waals surface area contributed by atoms with Crippen molar-refractivity contribution in [2.75, 3.05) is 13.7 Å². The lowest BCUT2D eigenvalue weighted by atomic mass is 10.1. The van der Waals surface area contributed by atoms with E-state index in [0.717, 1.165) is 36.2 Å². The van der Waals surface area contributed by atoms with Crippen molar-refractivity contribution in [1.82, 2.24) is 14.7 Å². The number of ether oxygens (including phenoxy) is 1. The van der Waals surface area contributed by atoms with Gasteiger partial charge in [-0.1, -0.05) is 17.7 Å². The summed E-state index contributed by atoms with van der Waals surface area (Å²) in [5, 5.41) is 4.64. The lowest BCUT2D eigenvalue weighted by Crippen LogP contribution is -2.41. The monoisotopic (exact) mass is 355 g/mol. The van der Waals surface area contributed by atoms with Crippen LogP contribution in [0.1, 0.15) is 47.6 Å². The van der Waals surface area contributed by atoms with Crippen LogP contribution in [0.4, 0.5) is 0 Å². The fourth-order valence-corrected chi connectivity index (χ4v) is 3.34. The number of aryl methyl sites for hydroxylation is 1. The predicted molar refractivity (Wildman–Crippen MR) is 98.5 cm³/mol. The molecule has 3 rings (SSSR count). The van der Waals surface area contributed by atoms with E-state index in [-0.39, 0.29) is 18.5 Å². The third kappa shape index (κ3) is 3.36. The summed E-state index contributed by atoms with van der Waals surface area (Å²) < 4.78 is 6.62. The van der Waals surface area contributed by atoms with Crippen molar-refractivity contribution in [1.29, 1.82) is 0 Å². The Labute approximate surface area is 153 Å². The Hall–Kier alpha value is -2.63. The zero-order chi connectivity index (χ0) is 18.8. The van der Waals surface area contributed by atoms with Gasteiger partial charge >= 0.3 is 5.97 Å². The Morgan fingerprint density at radius 2 is 1.92 bits per heavy atom. The topological polar surface area (TPSA) is 64.4 Å². The van der Waals surface area contributed by atoms with Gasteiger partial charge in [-0.3, -0.25) is 9.59 Å². The standard InChI is InChI=1S/C20H25N3O3/c1-13(2)22(12-18(24)26-4)20(25)19-16-6-5-7-17(16)23(21-19)15-10-8-14(3)9-11-15/h8-11,13H,5-7,12H2,1-4H3. The van der Waals surface area contributed by atoms with Gasteiger partial charge in [0, 0.05) is 17.3 Å². The van der Waals surface area contributed by atoms with E-state index in [1.807, 2.05) is 49.7 Å². The Bertz CT molecular complexity index is 822. The molecule has 0 aliphatic heterocycles. The lowest BCUT2D eigenvalue weighted by Gasteiger charge is -2.25. The molecule has 2 aromatic rings. The minimum atomic E-state index is -0.429. The summed E-state index contributed by atoms with van der Waals surface area (Å²) in [7, 11) is 1.33. The molecule has 1 heterocycles. The smallest absolute Gasteiger partial charge is 0.325 e. The van der Waals surface area contributed by atoms with Gasteiger partial charge in [-0.05, 0) is 52.2 Å². The number of nitrogens with zero attached hydrogens (tertiary/aromatic N) is 3. The first-order valence-corrected chi connectivity index (χ1v) is 8.98. The zero-order valence-corrected chi connectivity index (χ0v) is 15.8. The minimum Gasteiger partial charge on any atom is -0.468 e. The number of carbonyl (C=O) groups excluding carboxylic acids is 2. The van der Waals surface area contributed by atoms with E-state index in [2.05, 4.69) is 5.10 Å². The molecule has 0 N–H and O–H groups in total. The van der Waals surface area contributed by atoms with Crippen LogP contribution in [0.15, 0.2) is 24.3 Å². The van der Waals surface area contributed by atoms with Crippen LogP contribution in [0.2, 0.25) is 0 Å². The Balaban J connectivity index is 2.00. The molecular weight excluding hydrogens is 330 g/mol. The van der Waals surface area contributed by atoms with E-state index in [4.69, 9.17) is 4.74 Å². The molecule has 0 saturated carbocycles. The molecule has 138 valence electrons. The van der Waals surface area contributed by atoms with Gasteiger partial charge < -0.3 is 9.64 Å². The highest BCUT2D eigenvalue weighted by atomic mass is 16.5. The third-order valence-corrected chi connectivity index (χ3v) is 4.82. The van der Waals surface area contributed by atoms with Gasteiger partial charge in [-0.15, -0.1) is 0 Å².